The molecule has 0 radical (unpaired) electrons. The number of nitrogens with one attached hydrogen (secondary N) is 1. The summed E-state index contributed by atoms with van der Waals surface area (Å²) in [6.45, 7) is -0.386. The normalized spacial score (nSPS) is 12.1. The van der Waals surface area contributed by atoms with Gasteiger partial charge in [-0.25, -0.2) is 9.78 Å². The minimum Gasteiger partial charge on any atom is -0.479 e. The number of aliphatic hydroxyl groups is 1. The van der Waals surface area contributed by atoms with Crippen LogP contribution in [0, 0.1) is 0 Å². The van der Waals surface area contributed by atoms with E-state index < -0.39 is 18.0 Å². The molecule has 1 amide bonds. The number of nitrogens with zero attached hydrogens (tertiary/aromatic N) is 2. The number of hydrogen-bond acceptors (Lipinski definition) is 5. The predicted octanol–water partition coefficient (Wildman–Crippen LogP) is -0.195. The number of aromatic nitrogens is 2. The molecule has 2 rings (SSSR count). The Balaban J connectivity index is 2.11. The molecule has 0 fully saturated rings. The maximum Gasteiger partial charge on any atom is 0.334 e. The molecule has 0 aliphatic heterocycles. The van der Waals surface area contributed by atoms with Gasteiger partial charge in [-0.05, 0) is 12.1 Å². The summed E-state index contributed by atoms with van der Waals surface area (Å²) in [5.74, 6) is -1.98. The van der Waals surface area contributed by atoms with Gasteiger partial charge < -0.3 is 15.5 Å². The number of para-hydroxylation sites is 2. The molecule has 2 aromatic rings. The lowest BCUT2D eigenvalue weighted by Crippen LogP contribution is -2.36. The van der Waals surface area contributed by atoms with E-state index in [1.807, 2.05) is 0 Å². The third kappa shape index (κ3) is 3.02. The summed E-state index contributed by atoms with van der Waals surface area (Å²) in [6, 6.07) is 7.05. The maximum atomic E-state index is 11.7. The first-order valence-electron chi connectivity index (χ1n) is 5.49. The summed E-state index contributed by atoms with van der Waals surface area (Å²) in [5, 5.41) is 19.8. The lowest BCUT2D eigenvalue weighted by Gasteiger charge is -2.07. The highest BCUT2D eigenvalue weighted by Gasteiger charge is 2.15. The number of carbonyl (C=O) groups excluding carboxylic acids is 1. The van der Waals surface area contributed by atoms with Gasteiger partial charge in [0.15, 0.2) is 6.10 Å². The Bertz CT molecular complexity index is 629. The number of carbonyl (C=O) groups is 2. The zero-order valence-corrected chi connectivity index (χ0v) is 9.78. The molecule has 19 heavy (non-hydrogen) atoms. The largest absolute Gasteiger partial charge is 0.479 e. The first-order valence-corrected chi connectivity index (χ1v) is 5.49. The van der Waals surface area contributed by atoms with Crippen molar-refractivity contribution in [3.05, 3.63) is 36.2 Å². The van der Waals surface area contributed by atoms with Crippen LogP contribution in [0.3, 0.4) is 0 Å². The average molecular weight is 261 g/mol. The van der Waals surface area contributed by atoms with Gasteiger partial charge in [0.1, 0.15) is 5.69 Å². The molecule has 3 N–H and O–H groups in total. The van der Waals surface area contributed by atoms with Crippen molar-refractivity contribution in [3.8, 4) is 0 Å². The fourth-order valence-electron chi connectivity index (χ4n) is 1.43. The highest BCUT2D eigenvalue weighted by molar-refractivity contribution is 5.94. The SMILES string of the molecule is O=C(NC[C@H](O)C(=O)O)c1cnc2ccccc2n1. The van der Waals surface area contributed by atoms with Crippen LogP contribution < -0.4 is 5.32 Å². The van der Waals surface area contributed by atoms with Crippen molar-refractivity contribution in [2.24, 2.45) is 0 Å². The van der Waals surface area contributed by atoms with Crippen molar-refractivity contribution < 1.29 is 19.8 Å². The molecule has 1 atom stereocenters. The van der Waals surface area contributed by atoms with Crippen LogP contribution in [0.5, 0.6) is 0 Å². The summed E-state index contributed by atoms with van der Waals surface area (Å²) in [6.07, 6.45) is -0.345. The molecule has 1 aromatic heterocycles. The Kier molecular flexibility index (Phi) is 3.67. The van der Waals surface area contributed by atoms with Gasteiger partial charge in [0.2, 0.25) is 0 Å². The van der Waals surface area contributed by atoms with Crippen LogP contribution in [-0.4, -0.2) is 44.7 Å². The Morgan fingerprint density at radius 2 is 1.95 bits per heavy atom. The number of fused-ring (bicyclic) bond motifs is 1. The van der Waals surface area contributed by atoms with Crippen LogP contribution in [0.15, 0.2) is 30.5 Å². The minimum absolute atomic E-state index is 0.0660. The third-order valence-electron chi connectivity index (χ3n) is 2.42. The molecule has 98 valence electrons. The number of carboxylic acids is 1. The van der Waals surface area contributed by atoms with Crippen LogP contribution in [0.4, 0.5) is 0 Å². The summed E-state index contributed by atoms with van der Waals surface area (Å²) < 4.78 is 0. The van der Waals surface area contributed by atoms with Gasteiger partial charge in [0.25, 0.3) is 5.91 Å². The van der Waals surface area contributed by atoms with Crippen molar-refractivity contribution >= 4 is 22.9 Å². The molecule has 1 heterocycles. The van der Waals surface area contributed by atoms with Gasteiger partial charge in [-0.2, -0.15) is 0 Å². The van der Waals surface area contributed by atoms with E-state index in [-0.39, 0.29) is 12.2 Å². The van der Waals surface area contributed by atoms with E-state index in [9.17, 15) is 9.59 Å². The van der Waals surface area contributed by atoms with E-state index in [0.717, 1.165) is 0 Å². The van der Waals surface area contributed by atoms with E-state index >= 15 is 0 Å². The number of carboxylic acid groups (broad SMARTS) is 1. The van der Waals surface area contributed by atoms with Crippen molar-refractivity contribution in [2.75, 3.05) is 6.54 Å². The molecule has 1 aromatic carbocycles. The van der Waals surface area contributed by atoms with E-state index in [0.29, 0.717) is 11.0 Å². The third-order valence-corrected chi connectivity index (χ3v) is 2.42. The number of rotatable bonds is 4. The topological polar surface area (TPSA) is 112 Å². The summed E-state index contributed by atoms with van der Waals surface area (Å²) in [4.78, 5) is 30.2. The Morgan fingerprint density at radius 1 is 1.26 bits per heavy atom. The minimum atomic E-state index is -1.64. The van der Waals surface area contributed by atoms with Gasteiger partial charge in [-0.15, -0.1) is 0 Å². The van der Waals surface area contributed by atoms with Crippen molar-refractivity contribution in [1.29, 1.82) is 0 Å². The highest BCUT2D eigenvalue weighted by atomic mass is 16.4. The lowest BCUT2D eigenvalue weighted by atomic mass is 10.3. The smallest absolute Gasteiger partial charge is 0.334 e. The standard InChI is InChI=1S/C12H11N3O4/c16-10(12(18)19)6-14-11(17)9-5-13-7-3-1-2-4-8(7)15-9/h1-5,10,16H,6H2,(H,14,17)(H,18,19)/t10-/m0/s1. The molecular formula is C12H11N3O4. The maximum absolute atomic E-state index is 11.7. The predicted molar refractivity (Wildman–Crippen MR) is 65.5 cm³/mol. The number of benzene rings is 1. The average Bonchev–Trinajstić information content (AvgIpc) is 2.43. The molecule has 7 heteroatoms. The van der Waals surface area contributed by atoms with Crippen LogP contribution in [0.2, 0.25) is 0 Å². The highest BCUT2D eigenvalue weighted by Crippen LogP contribution is 2.08. The van der Waals surface area contributed by atoms with E-state index in [2.05, 4.69) is 15.3 Å². The van der Waals surface area contributed by atoms with Crippen molar-refractivity contribution in [2.45, 2.75) is 6.10 Å². The monoisotopic (exact) mass is 261 g/mol. The van der Waals surface area contributed by atoms with Crippen molar-refractivity contribution in [3.63, 3.8) is 0 Å². The summed E-state index contributed by atoms with van der Waals surface area (Å²) >= 11 is 0. The first kappa shape index (κ1) is 12.9. The molecule has 0 aliphatic rings. The molecule has 0 saturated heterocycles. The quantitative estimate of drug-likeness (QED) is 0.703. The fourth-order valence-corrected chi connectivity index (χ4v) is 1.43. The van der Waals surface area contributed by atoms with Gasteiger partial charge in [-0.1, -0.05) is 12.1 Å². The van der Waals surface area contributed by atoms with Gasteiger partial charge in [-0.3, -0.25) is 9.78 Å². The number of aliphatic carboxylic acids is 1. The fraction of sp³-hybridized carbons (Fsp3) is 0.167. The number of hydrogen-bond donors (Lipinski definition) is 3. The van der Waals surface area contributed by atoms with Crippen LogP contribution in [0.25, 0.3) is 11.0 Å². The van der Waals surface area contributed by atoms with Gasteiger partial charge in [0.05, 0.1) is 23.8 Å². The molecule has 0 saturated carbocycles. The summed E-state index contributed by atoms with van der Waals surface area (Å²) in [7, 11) is 0. The van der Waals surface area contributed by atoms with Crippen LogP contribution >= 0.6 is 0 Å². The van der Waals surface area contributed by atoms with Crippen LogP contribution in [-0.2, 0) is 4.79 Å². The Morgan fingerprint density at radius 3 is 2.63 bits per heavy atom. The second-order valence-electron chi connectivity index (χ2n) is 3.81. The second-order valence-corrected chi connectivity index (χ2v) is 3.81. The molecular weight excluding hydrogens is 250 g/mol. The molecule has 0 unspecified atom stereocenters. The van der Waals surface area contributed by atoms with Gasteiger partial charge in [0, 0.05) is 0 Å². The van der Waals surface area contributed by atoms with E-state index in [1.54, 1.807) is 24.3 Å². The molecule has 7 nitrogen and oxygen atoms in total. The second kappa shape index (κ2) is 5.40. The molecule has 0 spiro atoms. The van der Waals surface area contributed by atoms with Crippen molar-refractivity contribution in [1.82, 2.24) is 15.3 Å². The van der Waals surface area contributed by atoms with E-state index in [4.69, 9.17) is 10.2 Å². The Hall–Kier alpha value is -2.54. The lowest BCUT2D eigenvalue weighted by molar-refractivity contribution is -0.146. The van der Waals surface area contributed by atoms with Gasteiger partial charge >= 0.3 is 5.97 Å². The van der Waals surface area contributed by atoms with Crippen LogP contribution in [0.1, 0.15) is 10.5 Å². The zero-order valence-electron chi connectivity index (χ0n) is 9.78. The number of amides is 1. The molecule has 0 bridgehead atoms. The zero-order chi connectivity index (χ0) is 13.8. The first-order chi connectivity index (χ1) is 9.08. The molecule has 0 aliphatic carbocycles. The Labute approximate surface area is 107 Å². The number of aliphatic hydroxyl groups excluding tert-OH is 1. The summed E-state index contributed by atoms with van der Waals surface area (Å²) in [5.41, 5.74) is 1.29. The van der Waals surface area contributed by atoms with E-state index in [1.165, 1.54) is 6.20 Å².